The number of amidine groups is 1. The lowest BCUT2D eigenvalue weighted by atomic mass is 10.1. The fourth-order valence-electron chi connectivity index (χ4n) is 1.60. The number of hydrogen-bond acceptors (Lipinski definition) is 4. The van der Waals surface area contributed by atoms with Crippen molar-refractivity contribution in [3.63, 3.8) is 0 Å². The molecule has 0 aliphatic heterocycles. The average molecular weight is 277 g/mol. The van der Waals surface area contributed by atoms with E-state index in [2.05, 4.69) is 20.7 Å². The maximum Gasteiger partial charge on any atom is 0.229 e. The quantitative estimate of drug-likeness (QED) is 0.286. The second-order valence-corrected chi connectivity index (χ2v) is 4.00. The number of hydrogen-bond donors (Lipinski definition) is 4. The third-order valence-electron chi connectivity index (χ3n) is 2.57. The lowest BCUT2D eigenvalue weighted by Crippen LogP contribution is -2.19. The summed E-state index contributed by atoms with van der Waals surface area (Å²) in [6.07, 6.45) is 1.39. The Balaban J connectivity index is 2.05. The smallest absolute Gasteiger partial charge is 0.229 e. The number of carbonyl (C=O) groups is 1. The molecule has 0 fully saturated rings. The average Bonchev–Trinajstić information content (AvgIpc) is 2.88. The summed E-state index contributed by atoms with van der Waals surface area (Å²) in [6.45, 7) is 0. The fourth-order valence-corrected chi connectivity index (χ4v) is 1.60. The Kier molecular flexibility index (Phi) is 3.94. The van der Waals surface area contributed by atoms with Crippen LogP contribution in [0.1, 0.15) is 11.1 Å². The molecule has 1 aromatic heterocycles. The topological polar surface area (TPSA) is 116 Å². The van der Waals surface area contributed by atoms with E-state index < -0.39 is 0 Å². The van der Waals surface area contributed by atoms with Crippen LogP contribution in [0.5, 0.6) is 0 Å². The molecule has 5 N–H and O–H groups in total. The molecule has 1 amide bonds. The highest BCUT2D eigenvalue weighted by Crippen LogP contribution is 2.11. The van der Waals surface area contributed by atoms with Crippen LogP contribution in [-0.4, -0.2) is 27.1 Å². The molecule has 0 spiro atoms. The number of amides is 1. The molecule has 0 bridgehead atoms. The predicted molar refractivity (Wildman–Crippen MR) is 69.8 cm³/mol. The van der Waals surface area contributed by atoms with Gasteiger partial charge in [-0.05, 0) is 17.7 Å². The van der Waals surface area contributed by atoms with Crippen LogP contribution in [0, 0.1) is 5.82 Å². The SMILES string of the molecule is NC(=NO)c1cn[nH]c1NC(=O)Cc1ccc(F)cc1. The van der Waals surface area contributed by atoms with Crippen LogP contribution in [0.15, 0.2) is 35.6 Å². The third-order valence-corrected chi connectivity index (χ3v) is 2.57. The predicted octanol–water partition coefficient (Wildman–Crippen LogP) is 0.825. The molecule has 2 rings (SSSR count). The van der Waals surface area contributed by atoms with E-state index in [0.717, 1.165) is 0 Å². The number of aromatic amines is 1. The molecule has 0 aliphatic carbocycles. The van der Waals surface area contributed by atoms with Crippen molar-refractivity contribution in [3.8, 4) is 0 Å². The molecule has 8 heteroatoms. The first-order chi connectivity index (χ1) is 9.60. The number of halogens is 1. The summed E-state index contributed by atoms with van der Waals surface area (Å²) >= 11 is 0. The van der Waals surface area contributed by atoms with Crippen molar-refractivity contribution in [1.29, 1.82) is 0 Å². The van der Waals surface area contributed by atoms with Crippen LogP contribution in [-0.2, 0) is 11.2 Å². The zero-order valence-corrected chi connectivity index (χ0v) is 10.3. The Morgan fingerprint density at radius 1 is 1.45 bits per heavy atom. The van der Waals surface area contributed by atoms with Gasteiger partial charge < -0.3 is 16.3 Å². The Labute approximate surface area is 113 Å². The summed E-state index contributed by atoms with van der Waals surface area (Å²) in [5.74, 6) is -0.645. The summed E-state index contributed by atoms with van der Waals surface area (Å²) in [6, 6.07) is 5.60. The number of H-pyrrole nitrogens is 1. The summed E-state index contributed by atoms with van der Waals surface area (Å²) < 4.78 is 12.7. The number of benzene rings is 1. The van der Waals surface area contributed by atoms with Crippen molar-refractivity contribution in [1.82, 2.24) is 10.2 Å². The van der Waals surface area contributed by atoms with Gasteiger partial charge in [-0.2, -0.15) is 5.10 Å². The monoisotopic (exact) mass is 277 g/mol. The summed E-state index contributed by atoms with van der Waals surface area (Å²) in [4.78, 5) is 11.8. The first-order valence-electron chi connectivity index (χ1n) is 5.65. The summed E-state index contributed by atoms with van der Waals surface area (Å²) in [7, 11) is 0. The normalized spacial score (nSPS) is 11.3. The fraction of sp³-hybridized carbons (Fsp3) is 0.0833. The second kappa shape index (κ2) is 5.83. The molecule has 7 nitrogen and oxygen atoms in total. The van der Waals surface area contributed by atoms with Gasteiger partial charge in [-0.3, -0.25) is 9.89 Å². The number of oxime groups is 1. The molecule has 0 aliphatic rings. The molecule has 104 valence electrons. The summed E-state index contributed by atoms with van der Waals surface area (Å²) in [5.41, 5.74) is 6.37. The maximum atomic E-state index is 12.7. The van der Waals surface area contributed by atoms with Crippen LogP contribution in [0.2, 0.25) is 0 Å². The first-order valence-corrected chi connectivity index (χ1v) is 5.65. The Hall–Kier alpha value is -2.90. The van der Waals surface area contributed by atoms with Crippen LogP contribution in [0.3, 0.4) is 0 Å². The van der Waals surface area contributed by atoms with Crippen molar-refractivity contribution in [2.45, 2.75) is 6.42 Å². The summed E-state index contributed by atoms with van der Waals surface area (Å²) in [5, 5.41) is 20.2. The first kappa shape index (κ1) is 13.5. The highest BCUT2D eigenvalue weighted by atomic mass is 19.1. The number of aromatic nitrogens is 2. The standard InChI is InChI=1S/C12H12FN5O2/c13-8-3-1-7(2-4-8)5-10(19)16-12-9(6-15-17-12)11(14)18-20/h1-4,6,20H,5H2,(H2,14,18)(H2,15,16,17,19). The van der Waals surface area contributed by atoms with Gasteiger partial charge in [0, 0.05) is 0 Å². The molecular formula is C12H12FN5O2. The molecular weight excluding hydrogens is 265 g/mol. The molecule has 0 unspecified atom stereocenters. The van der Waals surface area contributed by atoms with E-state index in [1.807, 2.05) is 0 Å². The van der Waals surface area contributed by atoms with Gasteiger partial charge in [-0.25, -0.2) is 4.39 Å². The molecule has 2 aromatic rings. The van der Waals surface area contributed by atoms with E-state index in [1.54, 1.807) is 0 Å². The lowest BCUT2D eigenvalue weighted by molar-refractivity contribution is -0.115. The Bertz CT molecular complexity index is 636. The van der Waals surface area contributed by atoms with Gasteiger partial charge in [0.05, 0.1) is 18.2 Å². The van der Waals surface area contributed by atoms with Crippen LogP contribution in [0.25, 0.3) is 0 Å². The van der Waals surface area contributed by atoms with Crippen molar-refractivity contribution < 1.29 is 14.4 Å². The minimum Gasteiger partial charge on any atom is -0.409 e. The van der Waals surface area contributed by atoms with Crippen LogP contribution >= 0.6 is 0 Å². The van der Waals surface area contributed by atoms with Gasteiger partial charge in [0.2, 0.25) is 5.91 Å². The number of nitrogens with one attached hydrogen (secondary N) is 2. The highest BCUT2D eigenvalue weighted by molar-refractivity contribution is 6.04. The molecule has 1 aromatic carbocycles. The molecule has 0 saturated heterocycles. The molecule has 20 heavy (non-hydrogen) atoms. The van der Waals surface area contributed by atoms with Gasteiger partial charge in [0.25, 0.3) is 0 Å². The number of carbonyl (C=O) groups excluding carboxylic acids is 1. The van der Waals surface area contributed by atoms with Gasteiger partial charge in [-0.1, -0.05) is 17.3 Å². The minimum atomic E-state index is -0.364. The number of anilines is 1. The minimum absolute atomic E-state index is 0.0644. The molecule has 0 atom stereocenters. The largest absolute Gasteiger partial charge is 0.409 e. The molecule has 1 heterocycles. The van der Waals surface area contributed by atoms with E-state index in [-0.39, 0.29) is 35.4 Å². The Morgan fingerprint density at radius 3 is 2.80 bits per heavy atom. The van der Waals surface area contributed by atoms with E-state index in [1.165, 1.54) is 30.5 Å². The zero-order valence-electron chi connectivity index (χ0n) is 10.3. The van der Waals surface area contributed by atoms with Crippen molar-refractivity contribution in [2.75, 3.05) is 5.32 Å². The van der Waals surface area contributed by atoms with Gasteiger partial charge in [0.15, 0.2) is 5.84 Å². The van der Waals surface area contributed by atoms with Crippen molar-refractivity contribution >= 4 is 17.6 Å². The molecule has 0 saturated carbocycles. The van der Waals surface area contributed by atoms with E-state index >= 15 is 0 Å². The van der Waals surface area contributed by atoms with E-state index in [0.29, 0.717) is 5.56 Å². The van der Waals surface area contributed by atoms with Gasteiger partial charge in [-0.15, -0.1) is 0 Å². The van der Waals surface area contributed by atoms with Crippen molar-refractivity contribution in [2.24, 2.45) is 10.9 Å². The number of nitrogens with zero attached hydrogens (tertiary/aromatic N) is 2. The van der Waals surface area contributed by atoms with Crippen LogP contribution < -0.4 is 11.1 Å². The van der Waals surface area contributed by atoms with Gasteiger partial charge in [0.1, 0.15) is 11.6 Å². The number of rotatable bonds is 4. The second-order valence-electron chi connectivity index (χ2n) is 4.00. The highest BCUT2D eigenvalue weighted by Gasteiger charge is 2.12. The van der Waals surface area contributed by atoms with E-state index in [4.69, 9.17) is 10.9 Å². The van der Waals surface area contributed by atoms with Crippen molar-refractivity contribution in [3.05, 3.63) is 47.4 Å². The third kappa shape index (κ3) is 3.10. The Morgan fingerprint density at radius 2 is 2.15 bits per heavy atom. The van der Waals surface area contributed by atoms with Crippen LogP contribution in [0.4, 0.5) is 10.2 Å². The number of nitrogens with two attached hydrogens (primary N) is 1. The van der Waals surface area contributed by atoms with Gasteiger partial charge >= 0.3 is 0 Å². The van der Waals surface area contributed by atoms with E-state index in [9.17, 15) is 9.18 Å². The zero-order chi connectivity index (χ0) is 14.5. The lowest BCUT2D eigenvalue weighted by Gasteiger charge is -2.05. The molecule has 0 radical (unpaired) electrons. The maximum absolute atomic E-state index is 12.7.